The third kappa shape index (κ3) is 1.33. The van der Waals surface area contributed by atoms with Crippen molar-refractivity contribution in [2.75, 3.05) is 0 Å². The Morgan fingerprint density at radius 2 is 1.71 bits per heavy atom. The number of hydrogen-bond donors (Lipinski definition) is 1. The molecule has 2 rings (SSSR count). The molecule has 0 aliphatic heterocycles. The summed E-state index contributed by atoms with van der Waals surface area (Å²) in [7, 11) is 0. The summed E-state index contributed by atoms with van der Waals surface area (Å²) in [6.45, 7) is 6.37. The van der Waals surface area contributed by atoms with Gasteiger partial charge in [0.05, 0.1) is 5.60 Å². The van der Waals surface area contributed by atoms with Crippen LogP contribution in [0.1, 0.15) is 58.3 Å². The minimum atomic E-state index is -0.540. The van der Waals surface area contributed by atoms with E-state index in [9.17, 15) is 5.11 Å². The van der Waals surface area contributed by atoms with Gasteiger partial charge in [-0.15, -0.1) is 0 Å². The normalized spacial score (nSPS) is 44.3. The molecule has 0 heterocycles. The van der Waals surface area contributed by atoms with Crippen LogP contribution in [0, 0.1) is 5.41 Å². The Kier molecular flexibility index (Phi) is 2.46. The average Bonchev–Trinajstić information content (AvgIpc) is 2.28. The molecule has 0 amide bonds. The second-order valence-corrected chi connectivity index (χ2v) is 5.44. The van der Waals surface area contributed by atoms with Crippen molar-refractivity contribution in [3.05, 3.63) is 12.2 Å². The summed E-state index contributed by atoms with van der Waals surface area (Å²) in [5.41, 5.74) is 0.689. The third-order valence-electron chi connectivity index (χ3n) is 4.56. The largest absolute Gasteiger partial charge is 0.385 e. The van der Waals surface area contributed by atoms with Gasteiger partial charge < -0.3 is 5.11 Å². The van der Waals surface area contributed by atoms with Crippen molar-refractivity contribution in [2.45, 2.75) is 63.9 Å². The molecular weight excluding hydrogens is 172 g/mol. The minimum Gasteiger partial charge on any atom is -0.385 e. The van der Waals surface area contributed by atoms with Gasteiger partial charge in [0.1, 0.15) is 0 Å². The van der Waals surface area contributed by atoms with Crippen molar-refractivity contribution >= 4 is 0 Å². The maximum Gasteiger partial charge on any atom is 0.0907 e. The number of aliphatic hydroxyl groups is 1. The summed E-state index contributed by atoms with van der Waals surface area (Å²) >= 11 is 0. The maximum absolute atomic E-state index is 10.8. The summed E-state index contributed by atoms with van der Waals surface area (Å²) < 4.78 is 0. The van der Waals surface area contributed by atoms with Crippen molar-refractivity contribution in [1.82, 2.24) is 0 Å². The van der Waals surface area contributed by atoms with Crippen LogP contribution in [0.15, 0.2) is 12.2 Å². The summed E-state index contributed by atoms with van der Waals surface area (Å²) in [6, 6.07) is 0. The molecule has 0 radical (unpaired) electrons. The van der Waals surface area contributed by atoms with Gasteiger partial charge >= 0.3 is 0 Å². The van der Waals surface area contributed by atoms with Gasteiger partial charge in [-0.2, -0.15) is 0 Å². The molecule has 2 atom stereocenters. The molecule has 0 spiro atoms. The lowest BCUT2D eigenvalue weighted by molar-refractivity contribution is -0.0707. The SMILES string of the molecule is C=C1CCC[C@]2(C)CCCCC[C@]12O. The molecule has 0 unspecified atom stereocenters. The van der Waals surface area contributed by atoms with E-state index in [4.69, 9.17) is 0 Å². The molecule has 0 aromatic carbocycles. The molecule has 14 heavy (non-hydrogen) atoms. The van der Waals surface area contributed by atoms with E-state index >= 15 is 0 Å². The van der Waals surface area contributed by atoms with Crippen LogP contribution in [0.25, 0.3) is 0 Å². The highest BCUT2D eigenvalue weighted by Crippen LogP contribution is 2.53. The Hall–Kier alpha value is -0.300. The van der Waals surface area contributed by atoms with Crippen molar-refractivity contribution < 1.29 is 5.11 Å². The van der Waals surface area contributed by atoms with Crippen molar-refractivity contribution in [1.29, 1.82) is 0 Å². The fraction of sp³-hybridized carbons (Fsp3) is 0.846. The second-order valence-electron chi connectivity index (χ2n) is 5.44. The Labute approximate surface area is 87.2 Å². The Morgan fingerprint density at radius 1 is 1.07 bits per heavy atom. The van der Waals surface area contributed by atoms with Crippen molar-refractivity contribution in [2.24, 2.45) is 5.41 Å². The van der Waals surface area contributed by atoms with Crippen LogP contribution in [0.2, 0.25) is 0 Å². The van der Waals surface area contributed by atoms with Crippen molar-refractivity contribution in [3.8, 4) is 0 Å². The second kappa shape index (κ2) is 3.37. The first kappa shape index (κ1) is 10.2. The number of rotatable bonds is 0. The third-order valence-corrected chi connectivity index (χ3v) is 4.56. The molecule has 1 nitrogen and oxygen atoms in total. The number of fused-ring (bicyclic) bond motifs is 1. The van der Waals surface area contributed by atoms with Crippen LogP contribution in [0.4, 0.5) is 0 Å². The molecule has 2 aliphatic rings. The van der Waals surface area contributed by atoms with Crippen LogP contribution in [-0.2, 0) is 0 Å². The molecule has 0 aromatic rings. The standard InChI is InChI=1S/C13H22O/c1-11-7-6-9-12(2)8-4-3-5-10-13(11,12)14/h14H,1,3-10H2,2H3/t12-,13-/m0/s1. The lowest BCUT2D eigenvalue weighted by atomic mass is 9.60. The molecule has 2 fully saturated rings. The Morgan fingerprint density at radius 3 is 2.50 bits per heavy atom. The van der Waals surface area contributed by atoms with Gasteiger partial charge in [0.25, 0.3) is 0 Å². The van der Waals surface area contributed by atoms with Crippen LogP contribution in [0.3, 0.4) is 0 Å². The highest BCUT2D eigenvalue weighted by Gasteiger charge is 2.50. The topological polar surface area (TPSA) is 20.2 Å². The van der Waals surface area contributed by atoms with Gasteiger partial charge in [0.2, 0.25) is 0 Å². The molecule has 0 bridgehead atoms. The monoisotopic (exact) mass is 194 g/mol. The van der Waals surface area contributed by atoms with E-state index in [1.165, 1.54) is 38.5 Å². The zero-order chi connectivity index (χ0) is 10.2. The van der Waals surface area contributed by atoms with E-state index < -0.39 is 5.60 Å². The first-order chi connectivity index (χ1) is 6.58. The van der Waals surface area contributed by atoms with Crippen molar-refractivity contribution in [3.63, 3.8) is 0 Å². The highest BCUT2D eigenvalue weighted by atomic mass is 16.3. The Bertz CT molecular complexity index is 246. The summed E-state index contributed by atoms with van der Waals surface area (Å²) in [5, 5.41) is 10.8. The van der Waals surface area contributed by atoms with Crippen LogP contribution in [0.5, 0.6) is 0 Å². The summed E-state index contributed by atoms with van der Waals surface area (Å²) in [5.74, 6) is 0. The van der Waals surface area contributed by atoms with Gasteiger partial charge in [-0.1, -0.05) is 32.8 Å². The number of hydrogen-bond acceptors (Lipinski definition) is 1. The first-order valence-electron chi connectivity index (χ1n) is 5.99. The molecular formula is C13H22O. The van der Waals surface area contributed by atoms with Gasteiger partial charge in [0.15, 0.2) is 0 Å². The predicted octanol–water partition coefficient (Wildman–Crippen LogP) is 3.43. The van der Waals surface area contributed by atoms with Gasteiger partial charge in [0, 0.05) is 5.41 Å². The van der Waals surface area contributed by atoms with E-state index in [1.54, 1.807) is 0 Å². The molecule has 0 saturated heterocycles. The Balaban J connectivity index is 2.33. The molecule has 1 N–H and O–H groups in total. The van der Waals surface area contributed by atoms with Crippen LogP contribution < -0.4 is 0 Å². The summed E-state index contributed by atoms with van der Waals surface area (Å²) in [6.07, 6.45) is 9.31. The van der Waals surface area contributed by atoms with Crippen LogP contribution in [-0.4, -0.2) is 10.7 Å². The molecule has 1 heteroatoms. The fourth-order valence-corrected chi connectivity index (χ4v) is 3.42. The van der Waals surface area contributed by atoms with E-state index in [-0.39, 0.29) is 5.41 Å². The lowest BCUT2D eigenvalue weighted by Gasteiger charge is -2.49. The molecule has 2 aliphatic carbocycles. The predicted molar refractivity (Wildman–Crippen MR) is 59.1 cm³/mol. The van der Waals surface area contributed by atoms with Gasteiger partial charge in [-0.3, -0.25) is 0 Å². The summed E-state index contributed by atoms with van der Waals surface area (Å²) in [4.78, 5) is 0. The lowest BCUT2D eigenvalue weighted by Crippen LogP contribution is -2.49. The zero-order valence-electron chi connectivity index (χ0n) is 9.31. The smallest absolute Gasteiger partial charge is 0.0907 e. The first-order valence-corrected chi connectivity index (χ1v) is 5.99. The minimum absolute atomic E-state index is 0.124. The molecule has 80 valence electrons. The van der Waals surface area contributed by atoms with Crippen LogP contribution >= 0.6 is 0 Å². The van der Waals surface area contributed by atoms with E-state index in [1.807, 2.05) is 0 Å². The quantitative estimate of drug-likeness (QED) is 0.586. The van der Waals surface area contributed by atoms with E-state index in [0.717, 1.165) is 18.4 Å². The van der Waals surface area contributed by atoms with E-state index in [0.29, 0.717) is 0 Å². The fourth-order valence-electron chi connectivity index (χ4n) is 3.42. The average molecular weight is 194 g/mol. The van der Waals surface area contributed by atoms with Gasteiger partial charge in [-0.05, 0) is 37.7 Å². The maximum atomic E-state index is 10.8. The van der Waals surface area contributed by atoms with E-state index in [2.05, 4.69) is 13.5 Å². The molecule has 0 aromatic heterocycles. The highest BCUT2D eigenvalue weighted by molar-refractivity contribution is 5.22. The zero-order valence-corrected chi connectivity index (χ0v) is 9.31. The molecule has 2 saturated carbocycles. The van der Waals surface area contributed by atoms with Gasteiger partial charge in [-0.25, -0.2) is 0 Å².